The molecule has 0 radical (unpaired) electrons. The molecule has 0 saturated heterocycles. The molecule has 0 unspecified atom stereocenters. The van der Waals surface area contributed by atoms with Gasteiger partial charge in [-0.15, -0.1) is 0 Å². The Balaban J connectivity index is 2.50. The molecule has 0 bridgehead atoms. The fourth-order valence-electron chi connectivity index (χ4n) is 1.26. The second-order valence-corrected chi connectivity index (χ2v) is 3.99. The highest BCUT2D eigenvalue weighted by Gasteiger charge is 2.09. The van der Waals surface area contributed by atoms with E-state index in [0.29, 0.717) is 5.69 Å². The minimum Gasteiger partial charge on any atom is -0.387 e. The molecule has 1 rings (SSSR count). The van der Waals surface area contributed by atoms with Crippen LogP contribution in [0.1, 0.15) is 39.0 Å². The van der Waals surface area contributed by atoms with Crippen molar-refractivity contribution in [2.45, 2.75) is 45.9 Å². The minimum atomic E-state index is -0.598. The van der Waals surface area contributed by atoms with E-state index < -0.39 is 6.10 Å². The van der Waals surface area contributed by atoms with E-state index in [0.717, 1.165) is 6.42 Å². The lowest BCUT2D eigenvalue weighted by Gasteiger charge is -2.11. The Labute approximate surface area is 95.5 Å². The van der Waals surface area contributed by atoms with Crippen LogP contribution in [0.4, 0.5) is 0 Å². The summed E-state index contributed by atoms with van der Waals surface area (Å²) < 4.78 is 1.53. The largest absolute Gasteiger partial charge is 0.387 e. The lowest BCUT2D eigenvalue weighted by atomic mass is 10.2. The molecule has 0 spiro atoms. The normalized spacial score (nSPS) is 14.5. The Morgan fingerprint density at radius 1 is 1.62 bits per heavy atom. The molecule has 0 aliphatic heterocycles. The average Bonchev–Trinajstić information content (AvgIpc) is 2.65. The first-order valence-electron chi connectivity index (χ1n) is 5.53. The van der Waals surface area contributed by atoms with Crippen LogP contribution >= 0.6 is 0 Å². The van der Waals surface area contributed by atoms with Crippen molar-refractivity contribution in [1.82, 2.24) is 15.1 Å². The van der Waals surface area contributed by atoms with Gasteiger partial charge in [0.15, 0.2) is 0 Å². The fourth-order valence-corrected chi connectivity index (χ4v) is 1.26. The molecule has 2 atom stereocenters. The summed E-state index contributed by atoms with van der Waals surface area (Å²) in [5.41, 5.74) is 0.580. The molecular weight excluding hydrogens is 206 g/mol. The Morgan fingerprint density at radius 3 is 2.81 bits per heavy atom. The summed E-state index contributed by atoms with van der Waals surface area (Å²) in [6, 6.07) is 1.89. The van der Waals surface area contributed by atoms with E-state index >= 15 is 0 Å². The molecule has 0 aliphatic carbocycles. The van der Waals surface area contributed by atoms with Gasteiger partial charge in [-0.1, -0.05) is 6.92 Å². The van der Waals surface area contributed by atoms with Crippen LogP contribution in [-0.2, 0) is 11.3 Å². The Morgan fingerprint density at radius 2 is 2.31 bits per heavy atom. The van der Waals surface area contributed by atoms with Gasteiger partial charge in [-0.05, 0) is 26.3 Å². The molecule has 2 N–H and O–H groups in total. The first kappa shape index (κ1) is 12.7. The van der Waals surface area contributed by atoms with Gasteiger partial charge in [0.2, 0.25) is 5.91 Å². The quantitative estimate of drug-likeness (QED) is 0.780. The zero-order valence-corrected chi connectivity index (χ0v) is 9.97. The maximum absolute atomic E-state index is 11.5. The summed E-state index contributed by atoms with van der Waals surface area (Å²) in [5, 5.41) is 16.2. The average molecular weight is 225 g/mol. The maximum Gasteiger partial charge on any atom is 0.241 e. The van der Waals surface area contributed by atoms with Crippen LogP contribution < -0.4 is 5.32 Å². The van der Waals surface area contributed by atoms with Crippen LogP contribution in [0.2, 0.25) is 0 Å². The zero-order chi connectivity index (χ0) is 12.1. The molecule has 5 nitrogen and oxygen atoms in total. The van der Waals surface area contributed by atoms with E-state index in [1.807, 2.05) is 13.8 Å². The number of nitrogens with one attached hydrogen (secondary N) is 1. The third-order valence-corrected chi connectivity index (χ3v) is 2.41. The summed E-state index contributed by atoms with van der Waals surface area (Å²) in [4.78, 5) is 11.5. The van der Waals surface area contributed by atoms with Gasteiger partial charge in [0, 0.05) is 12.2 Å². The van der Waals surface area contributed by atoms with Crippen molar-refractivity contribution in [2.75, 3.05) is 0 Å². The number of carbonyl (C=O) groups excluding carboxylic acids is 1. The minimum absolute atomic E-state index is 0.0606. The monoisotopic (exact) mass is 225 g/mol. The lowest BCUT2D eigenvalue weighted by Crippen LogP contribution is -2.34. The van der Waals surface area contributed by atoms with Crippen LogP contribution in [0.5, 0.6) is 0 Å². The molecule has 16 heavy (non-hydrogen) atoms. The van der Waals surface area contributed by atoms with Gasteiger partial charge in [0.25, 0.3) is 0 Å². The summed E-state index contributed by atoms with van der Waals surface area (Å²) in [6.45, 7) is 5.82. The Kier molecular flexibility index (Phi) is 4.49. The number of aromatic nitrogens is 2. The van der Waals surface area contributed by atoms with Crippen molar-refractivity contribution in [3.05, 3.63) is 18.0 Å². The molecule has 0 aromatic carbocycles. The van der Waals surface area contributed by atoms with Crippen LogP contribution in [0.3, 0.4) is 0 Å². The van der Waals surface area contributed by atoms with E-state index in [2.05, 4.69) is 10.4 Å². The third-order valence-electron chi connectivity index (χ3n) is 2.41. The van der Waals surface area contributed by atoms with Gasteiger partial charge in [0.1, 0.15) is 6.54 Å². The first-order valence-corrected chi connectivity index (χ1v) is 5.53. The second-order valence-electron chi connectivity index (χ2n) is 3.99. The standard InChI is InChI=1S/C11H19N3O2/c1-4-8(2)12-11(16)7-14-6-5-10(13-14)9(3)15/h5-6,8-9,15H,4,7H2,1-3H3,(H,12,16)/t8-,9-/m0/s1. The van der Waals surface area contributed by atoms with Crippen molar-refractivity contribution in [2.24, 2.45) is 0 Å². The number of nitrogens with zero attached hydrogens (tertiary/aromatic N) is 2. The van der Waals surface area contributed by atoms with Gasteiger partial charge in [-0.3, -0.25) is 9.48 Å². The van der Waals surface area contributed by atoms with E-state index in [1.54, 1.807) is 19.2 Å². The smallest absolute Gasteiger partial charge is 0.241 e. The number of carbonyl (C=O) groups is 1. The molecule has 0 fully saturated rings. The van der Waals surface area contributed by atoms with Gasteiger partial charge in [-0.25, -0.2) is 0 Å². The van der Waals surface area contributed by atoms with Crippen LogP contribution in [0, 0.1) is 0 Å². The van der Waals surface area contributed by atoms with Gasteiger partial charge < -0.3 is 10.4 Å². The van der Waals surface area contributed by atoms with Crippen LogP contribution in [-0.4, -0.2) is 26.8 Å². The number of rotatable bonds is 5. The van der Waals surface area contributed by atoms with E-state index in [1.165, 1.54) is 4.68 Å². The zero-order valence-electron chi connectivity index (χ0n) is 9.97. The molecular formula is C11H19N3O2. The predicted octanol–water partition coefficient (Wildman–Crippen LogP) is 0.851. The summed E-state index contributed by atoms with van der Waals surface area (Å²) in [5.74, 6) is -0.0606. The topological polar surface area (TPSA) is 67.2 Å². The summed E-state index contributed by atoms with van der Waals surface area (Å²) >= 11 is 0. The molecule has 1 amide bonds. The first-order chi connectivity index (χ1) is 7.52. The predicted molar refractivity (Wildman–Crippen MR) is 60.8 cm³/mol. The Hall–Kier alpha value is -1.36. The fraction of sp³-hybridized carbons (Fsp3) is 0.636. The van der Waals surface area contributed by atoms with Crippen molar-refractivity contribution < 1.29 is 9.90 Å². The SMILES string of the molecule is CC[C@H](C)NC(=O)Cn1ccc([C@H](C)O)n1. The van der Waals surface area contributed by atoms with Gasteiger partial charge >= 0.3 is 0 Å². The number of aliphatic hydroxyl groups is 1. The van der Waals surface area contributed by atoms with Crippen molar-refractivity contribution >= 4 is 5.91 Å². The summed E-state index contributed by atoms with van der Waals surface area (Å²) in [7, 11) is 0. The van der Waals surface area contributed by atoms with Gasteiger partial charge in [-0.2, -0.15) is 5.10 Å². The molecule has 1 aromatic heterocycles. The Bertz CT molecular complexity index is 347. The summed E-state index contributed by atoms with van der Waals surface area (Å²) in [6.07, 6.45) is 2.00. The highest BCUT2D eigenvalue weighted by Crippen LogP contribution is 2.07. The number of amides is 1. The molecule has 0 saturated carbocycles. The molecule has 0 aliphatic rings. The maximum atomic E-state index is 11.5. The second kappa shape index (κ2) is 5.65. The third kappa shape index (κ3) is 3.66. The van der Waals surface area contributed by atoms with Crippen molar-refractivity contribution in [3.8, 4) is 0 Å². The van der Waals surface area contributed by atoms with Crippen molar-refractivity contribution in [3.63, 3.8) is 0 Å². The number of hydrogen-bond donors (Lipinski definition) is 2. The van der Waals surface area contributed by atoms with Crippen LogP contribution in [0.25, 0.3) is 0 Å². The molecule has 5 heteroatoms. The molecule has 90 valence electrons. The number of aliphatic hydroxyl groups excluding tert-OH is 1. The van der Waals surface area contributed by atoms with Crippen molar-refractivity contribution in [1.29, 1.82) is 0 Å². The highest BCUT2D eigenvalue weighted by molar-refractivity contribution is 5.75. The lowest BCUT2D eigenvalue weighted by molar-refractivity contribution is -0.122. The van der Waals surface area contributed by atoms with E-state index in [-0.39, 0.29) is 18.5 Å². The van der Waals surface area contributed by atoms with Gasteiger partial charge in [0.05, 0.1) is 11.8 Å². The molecule has 1 heterocycles. The van der Waals surface area contributed by atoms with E-state index in [9.17, 15) is 9.90 Å². The van der Waals surface area contributed by atoms with E-state index in [4.69, 9.17) is 0 Å². The molecule has 1 aromatic rings. The number of hydrogen-bond acceptors (Lipinski definition) is 3. The van der Waals surface area contributed by atoms with Crippen LogP contribution in [0.15, 0.2) is 12.3 Å². The highest BCUT2D eigenvalue weighted by atomic mass is 16.3.